The Morgan fingerprint density at radius 2 is 1.92 bits per heavy atom. The number of rotatable bonds is 4. The third kappa shape index (κ3) is 3.50. The van der Waals surface area contributed by atoms with Crippen LogP contribution in [0.3, 0.4) is 0 Å². The Morgan fingerprint density at radius 1 is 1.20 bits per heavy atom. The second-order valence-corrected chi connectivity index (χ2v) is 5.76. The van der Waals surface area contributed by atoms with E-state index >= 15 is 0 Å². The molecule has 25 heavy (non-hydrogen) atoms. The maximum atomic E-state index is 12.1. The fraction of sp³-hybridized carbons (Fsp3) is 0.222. The largest absolute Gasteiger partial charge is 0.322 e. The highest BCUT2D eigenvalue weighted by Gasteiger charge is 2.24. The predicted octanol–water partition coefficient (Wildman–Crippen LogP) is 3.36. The number of Topliss-reactive ketones (excluding diaryl/α,β-unsaturated/α-hetero) is 1. The molecule has 0 saturated heterocycles. The first kappa shape index (κ1) is 16.6. The number of nitro benzene ring substituents is 1. The van der Waals surface area contributed by atoms with Crippen molar-refractivity contribution in [2.24, 2.45) is 5.10 Å². The van der Waals surface area contributed by atoms with Crippen molar-refractivity contribution in [1.29, 1.82) is 0 Å². The summed E-state index contributed by atoms with van der Waals surface area (Å²) in [4.78, 5) is 24.6. The molecule has 1 N–H and O–H groups in total. The van der Waals surface area contributed by atoms with Crippen LogP contribution in [0, 0.1) is 10.1 Å². The number of nitro groups is 1. The van der Waals surface area contributed by atoms with Gasteiger partial charge in [0, 0.05) is 25.2 Å². The minimum atomic E-state index is -0.485. The second-order valence-electron chi connectivity index (χ2n) is 5.76. The summed E-state index contributed by atoms with van der Waals surface area (Å²) in [6, 6.07) is 14.1. The van der Waals surface area contributed by atoms with E-state index in [9.17, 15) is 14.9 Å². The van der Waals surface area contributed by atoms with Crippen LogP contribution in [0.15, 0.2) is 53.6 Å². The van der Waals surface area contributed by atoms with Crippen LogP contribution in [-0.2, 0) is 11.2 Å². The number of hydrazone groups is 1. The first-order valence-electron chi connectivity index (χ1n) is 8.01. The molecular weight excluding hydrogens is 320 g/mol. The lowest BCUT2D eigenvalue weighted by Crippen LogP contribution is -2.40. The van der Waals surface area contributed by atoms with Crippen LogP contribution in [0.1, 0.15) is 18.9 Å². The summed E-state index contributed by atoms with van der Waals surface area (Å²) in [5, 5.41) is 15.3. The van der Waals surface area contributed by atoms with E-state index in [1.807, 2.05) is 29.2 Å². The van der Waals surface area contributed by atoms with E-state index < -0.39 is 4.92 Å². The van der Waals surface area contributed by atoms with Crippen LogP contribution in [0.2, 0.25) is 0 Å². The van der Waals surface area contributed by atoms with Crippen molar-refractivity contribution in [3.63, 3.8) is 0 Å². The smallest absolute Gasteiger partial charge is 0.294 e. The number of nitrogens with zero attached hydrogens (tertiary/aromatic N) is 3. The Hall–Kier alpha value is -3.22. The number of aryl methyl sites for hydroxylation is 1. The number of carbonyl (C=O) groups is 1. The van der Waals surface area contributed by atoms with Gasteiger partial charge in [0.15, 0.2) is 11.6 Å². The van der Waals surface area contributed by atoms with Gasteiger partial charge in [-0.3, -0.25) is 20.3 Å². The Balaban J connectivity index is 1.95. The Kier molecular flexibility index (Phi) is 4.74. The molecule has 2 aromatic rings. The third-order valence-corrected chi connectivity index (χ3v) is 4.06. The number of para-hydroxylation sites is 3. The van der Waals surface area contributed by atoms with Crippen molar-refractivity contribution in [3.05, 3.63) is 64.2 Å². The Labute approximate surface area is 145 Å². The lowest BCUT2D eigenvalue weighted by Gasteiger charge is -2.30. The van der Waals surface area contributed by atoms with Crippen molar-refractivity contribution in [3.8, 4) is 0 Å². The summed E-state index contributed by atoms with van der Waals surface area (Å²) in [6.45, 7) is 2.12. The van der Waals surface area contributed by atoms with Gasteiger partial charge in [-0.1, -0.05) is 30.3 Å². The molecule has 0 saturated carbocycles. The molecule has 0 spiro atoms. The minimum absolute atomic E-state index is 0.0896. The van der Waals surface area contributed by atoms with Crippen LogP contribution in [-0.4, -0.2) is 23.1 Å². The quantitative estimate of drug-likeness (QED) is 0.400. The topological polar surface area (TPSA) is 87.8 Å². The molecule has 3 rings (SSSR count). The zero-order chi connectivity index (χ0) is 17.8. The summed E-state index contributed by atoms with van der Waals surface area (Å²) in [6.07, 6.45) is 1.87. The van der Waals surface area contributed by atoms with Gasteiger partial charge in [0.05, 0.1) is 4.92 Å². The fourth-order valence-corrected chi connectivity index (χ4v) is 2.92. The molecule has 1 heterocycles. The van der Waals surface area contributed by atoms with E-state index in [2.05, 4.69) is 10.5 Å². The van der Waals surface area contributed by atoms with Gasteiger partial charge in [-0.15, -0.1) is 0 Å². The van der Waals surface area contributed by atoms with Gasteiger partial charge in [-0.25, -0.2) is 0 Å². The standard InChI is InChI=1S/C18H18N4O3/c1-13(23)18(20-19-15-9-3-5-11-17(15)22(24)25)21-12-6-8-14-7-2-4-10-16(14)21/h2-5,7,9-11,19H,6,8,12H2,1H3/b20-18+. The molecule has 0 bridgehead atoms. The highest BCUT2D eigenvalue weighted by Crippen LogP contribution is 2.28. The van der Waals surface area contributed by atoms with Crippen LogP contribution < -0.4 is 10.3 Å². The van der Waals surface area contributed by atoms with Crippen LogP contribution in [0.5, 0.6) is 0 Å². The van der Waals surface area contributed by atoms with Crippen LogP contribution >= 0.6 is 0 Å². The highest BCUT2D eigenvalue weighted by molar-refractivity contribution is 6.43. The van der Waals surface area contributed by atoms with Crippen LogP contribution in [0.4, 0.5) is 17.1 Å². The van der Waals surface area contributed by atoms with E-state index in [4.69, 9.17) is 0 Å². The molecule has 0 fully saturated rings. The molecule has 128 valence electrons. The van der Waals surface area contributed by atoms with E-state index in [-0.39, 0.29) is 23.0 Å². The monoisotopic (exact) mass is 338 g/mol. The SMILES string of the molecule is CC(=O)/C(=N\Nc1ccccc1[N+](=O)[O-])N1CCCc2ccccc21. The third-order valence-electron chi connectivity index (χ3n) is 4.06. The minimum Gasteiger partial charge on any atom is -0.322 e. The summed E-state index contributed by atoms with van der Waals surface area (Å²) < 4.78 is 0. The number of nitrogens with one attached hydrogen (secondary N) is 1. The number of fused-ring (bicyclic) bond motifs is 1. The van der Waals surface area contributed by atoms with E-state index in [1.165, 1.54) is 13.0 Å². The number of benzene rings is 2. The maximum Gasteiger partial charge on any atom is 0.294 e. The first-order valence-corrected chi connectivity index (χ1v) is 8.01. The number of anilines is 2. The maximum absolute atomic E-state index is 12.1. The molecule has 0 amide bonds. The van der Waals surface area contributed by atoms with Crippen LogP contribution in [0.25, 0.3) is 0 Å². The van der Waals surface area contributed by atoms with E-state index in [0.717, 1.165) is 24.1 Å². The molecule has 0 atom stereocenters. The molecule has 1 aliphatic rings. The summed E-state index contributed by atoms with van der Waals surface area (Å²) in [5.74, 6) is 0.0353. The van der Waals surface area contributed by atoms with Gasteiger partial charge >= 0.3 is 0 Å². The van der Waals surface area contributed by atoms with Crippen molar-refractivity contribution >= 4 is 28.7 Å². The number of carbonyl (C=O) groups excluding carboxylic acids is 1. The lowest BCUT2D eigenvalue weighted by atomic mass is 10.0. The van der Waals surface area contributed by atoms with Gasteiger partial charge in [0.2, 0.25) is 0 Å². The molecule has 0 aliphatic carbocycles. The number of hydrogen-bond donors (Lipinski definition) is 1. The predicted molar refractivity (Wildman–Crippen MR) is 96.9 cm³/mol. The van der Waals surface area contributed by atoms with Gasteiger partial charge in [-0.05, 0) is 30.5 Å². The van der Waals surface area contributed by atoms with Gasteiger partial charge in [-0.2, -0.15) is 5.10 Å². The molecule has 1 aliphatic heterocycles. The van der Waals surface area contributed by atoms with Gasteiger partial charge < -0.3 is 4.90 Å². The van der Waals surface area contributed by atoms with Crippen molar-refractivity contribution in [2.45, 2.75) is 19.8 Å². The van der Waals surface area contributed by atoms with Crippen molar-refractivity contribution in [2.75, 3.05) is 16.9 Å². The average molecular weight is 338 g/mol. The molecule has 0 radical (unpaired) electrons. The number of amidine groups is 1. The lowest BCUT2D eigenvalue weighted by molar-refractivity contribution is -0.384. The second kappa shape index (κ2) is 7.12. The molecule has 7 nitrogen and oxygen atoms in total. The normalized spacial score (nSPS) is 14.0. The Bertz CT molecular complexity index is 848. The zero-order valence-corrected chi connectivity index (χ0v) is 13.8. The average Bonchev–Trinajstić information content (AvgIpc) is 2.62. The molecule has 0 aromatic heterocycles. The number of ketones is 1. The summed E-state index contributed by atoms with van der Waals surface area (Å²) in [5.41, 5.74) is 4.96. The van der Waals surface area contributed by atoms with Gasteiger partial charge in [0.25, 0.3) is 5.69 Å². The summed E-state index contributed by atoms with van der Waals surface area (Å²) >= 11 is 0. The first-order chi connectivity index (χ1) is 12.1. The van der Waals surface area contributed by atoms with E-state index in [1.54, 1.807) is 18.2 Å². The fourth-order valence-electron chi connectivity index (χ4n) is 2.92. The highest BCUT2D eigenvalue weighted by atomic mass is 16.6. The molecule has 7 heteroatoms. The number of hydrogen-bond acceptors (Lipinski definition) is 5. The molecular formula is C18H18N4O3. The van der Waals surface area contributed by atoms with E-state index in [0.29, 0.717) is 6.54 Å². The van der Waals surface area contributed by atoms with Crippen molar-refractivity contribution < 1.29 is 9.72 Å². The summed E-state index contributed by atoms with van der Waals surface area (Å²) in [7, 11) is 0. The molecule has 0 unspecified atom stereocenters. The zero-order valence-electron chi connectivity index (χ0n) is 13.8. The Morgan fingerprint density at radius 3 is 2.68 bits per heavy atom. The van der Waals surface area contributed by atoms with Gasteiger partial charge in [0.1, 0.15) is 5.69 Å². The molecule has 2 aromatic carbocycles. The van der Waals surface area contributed by atoms with Crippen molar-refractivity contribution in [1.82, 2.24) is 0 Å².